The van der Waals surface area contributed by atoms with Crippen LogP contribution in [0.3, 0.4) is 0 Å². The molecule has 0 heterocycles. The lowest BCUT2D eigenvalue weighted by Crippen LogP contribution is -2.23. The second-order valence-corrected chi connectivity index (χ2v) is 4.29. The van der Waals surface area contributed by atoms with Gasteiger partial charge in [-0.15, -0.1) is 0 Å². The number of aliphatic hydroxyl groups is 1. The van der Waals surface area contributed by atoms with Crippen molar-refractivity contribution in [2.75, 3.05) is 6.61 Å². The number of rotatable bonds is 3. The molecule has 2 N–H and O–H groups in total. The molecule has 0 saturated heterocycles. The fourth-order valence-corrected chi connectivity index (χ4v) is 2.01. The number of phenolic OH excluding ortho intramolecular Hbond substituents is 1. The molecule has 17 heavy (non-hydrogen) atoms. The van der Waals surface area contributed by atoms with Gasteiger partial charge in [-0.05, 0) is 25.0 Å². The maximum absolute atomic E-state index is 9.61. The van der Waals surface area contributed by atoms with E-state index in [9.17, 15) is 10.2 Å². The predicted molar refractivity (Wildman–Crippen MR) is 68.4 cm³/mol. The van der Waals surface area contributed by atoms with Gasteiger partial charge in [0, 0.05) is 24.3 Å². The fourth-order valence-electron chi connectivity index (χ4n) is 2.01. The molecule has 1 aliphatic rings. The molecule has 0 unspecified atom stereocenters. The summed E-state index contributed by atoms with van der Waals surface area (Å²) in [5, 5.41) is 18.9. The largest absolute Gasteiger partial charge is 0.507 e. The van der Waals surface area contributed by atoms with E-state index in [1.807, 2.05) is 12.1 Å². The van der Waals surface area contributed by atoms with Gasteiger partial charge in [-0.1, -0.05) is 24.3 Å². The van der Waals surface area contributed by atoms with Crippen LogP contribution >= 0.6 is 0 Å². The first-order chi connectivity index (χ1) is 8.31. The third-order valence-electron chi connectivity index (χ3n) is 3.10. The number of allylic oxidation sites excluding steroid dienone is 1. The highest BCUT2D eigenvalue weighted by Crippen LogP contribution is 2.22. The number of aromatic hydroxyl groups is 1. The van der Waals surface area contributed by atoms with Gasteiger partial charge in [-0.3, -0.25) is 4.99 Å². The molecular weight excluding hydrogens is 214 g/mol. The van der Waals surface area contributed by atoms with Gasteiger partial charge < -0.3 is 10.2 Å². The summed E-state index contributed by atoms with van der Waals surface area (Å²) in [6.07, 6.45) is 7.61. The van der Waals surface area contributed by atoms with Gasteiger partial charge in [0.2, 0.25) is 0 Å². The molecule has 2 rings (SSSR count). The summed E-state index contributed by atoms with van der Waals surface area (Å²) in [7, 11) is 0. The van der Waals surface area contributed by atoms with Crippen molar-refractivity contribution >= 4 is 6.21 Å². The number of hydrogen-bond acceptors (Lipinski definition) is 3. The minimum atomic E-state index is 0.115. The summed E-state index contributed by atoms with van der Waals surface area (Å²) < 4.78 is 0. The summed E-state index contributed by atoms with van der Waals surface area (Å²) >= 11 is 0. The van der Waals surface area contributed by atoms with Gasteiger partial charge in [0.15, 0.2) is 0 Å². The summed E-state index contributed by atoms with van der Waals surface area (Å²) in [6.45, 7) is 0.160. The van der Waals surface area contributed by atoms with Crippen LogP contribution in [0.15, 0.2) is 41.4 Å². The van der Waals surface area contributed by atoms with E-state index in [4.69, 9.17) is 0 Å². The normalized spacial score (nSPS) is 24.3. The maximum atomic E-state index is 9.61. The molecule has 3 nitrogen and oxygen atoms in total. The van der Waals surface area contributed by atoms with E-state index in [0.717, 1.165) is 18.4 Å². The van der Waals surface area contributed by atoms with E-state index >= 15 is 0 Å². The zero-order valence-corrected chi connectivity index (χ0v) is 9.66. The average molecular weight is 231 g/mol. The number of aliphatic hydroxyl groups excluding tert-OH is 1. The Kier molecular flexibility index (Phi) is 3.94. The molecule has 0 spiro atoms. The molecule has 1 aromatic rings. The summed E-state index contributed by atoms with van der Waals surface area (Å²) in [6, 6.07) is 7.24. The van der Waals surface area contributed by atoms with Crippen molar-refractivity contribution in [1.29, 1.82) is 0 Å². The molecule has 0 radical (unpaired) electrons. The van der Waals surface area contributed by atoms with Gasteiger partial charge in [0.1, 0.15) is 5.75 Å². The van der Waals surface area contributed by atoms with E-state index in [2.05, 4.69) is 17.1 Å². The molecule has 0 aromatic heterocycles. The summed E-state index contributed by atoms with van der Waals surface area (Å²) in [4.78, 5) is 4.47. The van der Waals surface area contributed by atoms with Crippen LogP contribution in [-0.2, 0) is 0 Å². The van der Waals surface area contributed by atoms with E-state index in [0.29, 0.717) is 0 Å². The van der Waals surface area contributed by atoms with Crippen molar-refractivity contribution in [3.63, 3.8) is 0 Å². The molecule has 3 heteroatoms. The van der Waals surface area contributed by atoms with Crippen LogP contribution in [0.25, 0.3) is 0 Å². The molecule has 0 amide bonds. The monoisotopic (exact) mass is 231 g/mol. The third-order valence-corrected chi connectivity index (χ3v) is 3.10. The average Bonchev–Trinajstić information content (AvgIpc) is 2.38. The number of aliphatic imine (C=N–C) groups is 1. The predicted octanol–water partition coefficient (Wildman–Crippen LogP) is 2.14. The standard InChI is InChI=1S/C14H17NO2/c16-10-12-6-1-3-7-13(12)15-9-11-5-2-4-8-14(11)17/h1-5,8-9,12-13,16-17H,6-7,10H2/t12-,13+/m1/s1. The Morgan fingerprint density at radius 2 is 2.00 bits per heavy atom. The van der Waals surface area contributed by atoms with Gasteiger partial charge in [0.25, 0.3) is 0 Å². The van der Waals surface area contributed by atoms with E-state index in [1.54, 1.807) is 18.3 Å². The van der Waals surface area contributed by atoms with Crippen LogP contribution in [-0.4, -0.2) is 29.1 Å². The molecular formula is C14H17NO2. The Hall–Kier alpha value is -1.61. The zero-order chi connectivity index (χ0) is 12.1. The Morgan fingerprint density at radius 1 is 1.24 bits per heavy atom. The second-order valence-electron chi connectivity index (χ2n) is 4.29. The van der Waals surface area contributed by atoms with E-state index < -0.39 is 0 Å². The fraction of sp³-hybridized carbons (Fsp3) is 0.357. The second kappa shape index (κ2) is 5.64. The van der Waals surface area contributed by atoms with Crippen LogP contribution in [0.1, 0.15) is 18.4 Å². The van der Waals surface area contributed by atoms with Crippen molar-refractivity contribution in [2.45, 2.75) is 18.9 Å². The quantitative estimate of drug-likeness (QED) is 0.618. The van der Waals surface area contributed by atoms with Gasteiger partial charge in [0.05, 0.1) is 6.04 Å². The van der Waals surface area contributed by atoms with Gasteiger partial charge in [-0.2, -0.15) is 0 Å². The molecule has 2 atom stereocenters. The summed E-state index contributed by atoms with van der Waals surface area (Å²) in [5.41, 5.74) is 0.721. The van der Waals surface area contributed by atoms with Gasteiger partial charge in [-0.25, -0.2) is 0 Å². The van der Waals surface area contributed by atoms with Crippen molar-refractivity contribution in [3.05, 3.63) is 42.0 Å². The smallest absolute Gasteiger partial charge is 0.124 e. The number of hydrogen-bond donors (Lipinski definition) is 2. The first kappa shape index (κ1) is 11.9. The summed E-state index contributed by atoms with van der Waals surface area (Å²) in [5.74, 6) is 0.435. The molecule has 0 saturated carbocycles. The first-order valence-electron chi connectivity index (χ1n) is 5.88. The lowest BCUT2D eigenvalue weighted by Gasteiger charge is -2.23. The van der Waals surface area contributed by atoms with Crippen LogP contribution in [0.2, 0.25) is 0 Å². The van der Waals surface area contributed by atoms with Crippen LogP contribution in [0.5, 0.6) is 5.75 Å². The number of phenols is 1. The minimum absolute atomic E-state index is 0.115. The van der Waals surface area contributed by atoms with Crippen molar-refractivity contribution in [2.24, 2.45) is 10.9 Å². The highest BCUT2D eigenvalue weighted by molar-refractivity contribution is 5.83. The number of para-hydroxylation sites is 1. The molecule has 90 valence electrons. The van der Waals surface area contributed by atoms with E-state index in [-0.39, 0.29) is 24.3 Å². The van der Waals surface area contributed by atoms with Crippen LogP contribution < -0.4 is 0 Å². The Bertz CT molecular complexity index is 426. The molecule has 1 aromatic carbocycles. The lowest BCUT2D eigenvalue weighted by molar-refractivity contribution is 0.203. The highest BCUT2D eigenvalue weighted by Gasteiger charge is 2.20. The number of nitrogens with zero attached hydrogens (tertiary/aromatic N) is 1. The maximum Gasteiger partial charge on any atom is 0.124 e. The third kappa shape index (κ3) is 2.94. The first-order valence-corrected chi connectivity index (χ1v) is 5.88. The SMILES string of the molecule is OC[C@H]1CC=CC[C@@H]1N=Cc1ccccc1O. The van der Waals surface area contributed by atoms with Crippen LogP contribution in [0.4, 0.5) is 0 Å². The van der Waals surface area contributed by atoms with Crippen LogP contribution in [0, 0.1) is 5.92 Å². The highest BCUT2D eigenvalue weighted by atomic mass is 16.3. The Morgan fingerprint density at radius 3 is 2.76 bits per heavy atom. The van der Waals surface area contributed by atoms with Gasteiger partial charge >= 0.3 is 0 Å². The number of benzene rings is 1. The zero-order valence-electron chi connectivity index (χ0n) is 9.66. The molecule has 0 bridgehead atoms. The molecule has 1 aliphatic carbocycles. The molecule has 0 fully saturated rings. The van der Waals surface area contributed by atoms with Crippen molar-refractivity contribution in [1.82, 2.24) is 0 Å². The van der Waals surface area contributed by atoms with Crippen molar-refractivity contribution < 1.29 is 10.2 Å². The molecule has 0 aliphatic heterocycles. The topological polar surface area (TPSA) is 52.8 Å². The Labute approximate surface area is 101 Å². The van der Waals surface area contributed by atoms with E-state index in [1.165, 1.54) is 0 Å². The van der Waals surface area contributed by atoms with Crippen molar-refractivity contribution in [3.8, 4) is 5.75 Å². The minimum Gasteiger partial charge on any atom is -0.507 e. The lowest BCUT2D eigenvalue weighted by atomic mass is 9.90. The Balaban J connectivity index is 2.10.